The van der Waals surface area contributed by atoms with Gasteiger partial charge in [-0.25, -0.2) is 12.8 Å². The van der Waals surface area contributed by atoms with Crippen LogP contribution in [0.25, 0.3) is 0 Å². The number of guanidine groups is 1. The van der Waals surface area contributed by atoms with Crippen molar-refractivity contribution in [2.45, 2.75) is 38.5 Å². The highest BCUT2D eigenvalue weighted by molar-refractivity contribution is 7.89. The van der Waals surface area contributed by atoms with Crippen LogP contribution in [0.15, 0.2) is 47.5 Å². The molecule has 2 N–H and O–H groups in total. The van der Waals surface area contributed by atoms with E-state index >= 15 is 0 Å². The van der Waals surface area contributed by atoms with Crippen molar-refractivity contribution < 1.29 is 12.8 Å². The monoisotopic (exact) mass is 419 g/mol. The highest BCUT2D eigenvalue weighted by Gasteiger charge is 2.22. The maximum Gasteiger partial charge on any atom is 0.191 e. The lowest BCUT2D eigenvalue weighted by Crippen LogP contribution is -2.43. The van der Waals surface area contributed by atoms with Gasteiger partial charge in [0.25, 0.3) is 0 Å². The standard InChI is InChI=1S/C22H30FN3O2S/c1-16-8-6-7-9-20(16)22(2,3)15-26-21(24-4)25-13-18-12-19(23)11-10-17(18)14-29(5,27)28/h6-12H,13-15H2,1-5H3,(H2,24,25,26). The predicted octanol–water partition coefficient (Wildman–Crippen LogP) is 3.32. The van der Waals surface area contributed by atoms with Crippen molar-refractivity contribution in [3.8, 4) is 0 Å². The number of rotatable bonds is 7. The molecule has 2 aromatic carbocycles. The molecular formula is C22H30FN3O2S. The zero-order valence-corrected chi connectivity index (χ0v) is 18.5. The minimum atomic E-state index is -3.22. The first-order valence-corrected chi connectivity index (χ1v) is 11.5. The predicted molar refractivity (Wildman–Crippen MR) is 117 cm³/mol. The van der Waals surface area contributed by atoms with Crippen LogP contribution in [0.2, 0.25) is 0 Å². The molecule has 0 amide bonds. The number of hydrogen-bond donors (Lipinski definition) is 2. The van der Waals surface area contributed by atoms with Crippen LogP contribution in [0.4, 0.5) is 4.39 Å². The van der Waals surface area contributed by atoms with E-state index < -0.39 is 15.7 Å². The number of aliphatic imine (C=N–C) groups is 1. The number of benzene rings is 2. The summed E-state index contributed by atoms with van der Waals surface area (Å²) in [5, 5.41) is 6.47. The SMILES string of the molecule is CN=C(NCc1cc(F)ccc1CS(C)(=O)=O)NCC(C)(C)c1ccccc1C. The van der Waals surface area contributed by atoms with E-state index in [1.54, 1.807) is 7.05 Å². The van der Waals surface area contributed by atoms with Gasteiger partial charge < -0.3 is 10.6 Å². The molecule has 0 spiro atoms. The Labute approximate surface area is 173 Å². The summed E-state index contributed by atoms with van der Waals surface area (Å²) in [5.74, 6) is 0.0420. The lowest BCUT2D eigenvalue weighted by Gasteiger charge is -2.28. The zero-order chi connectivity index (χ0) is 21.7. The van der Waals surface area contributed by atoms with Gasteiger partial charge in [-0.05, 0) is 41.3 Å². The van der Waals surface area contributed by atoms with Crippen LogP contribution in [-0.2, 0) is 27.5 Å². The van der Waals surface area contributed by atoms with Crippen LogP contribution in [0.3, 0.4) is 0 Å². The molecule has 0 saturated heterocycles. The summed E-state index contributed by atoms with van der Waals surface area (Å²) in [4.78, 5) is 4.23. The van der Waals surface area contributed by atoms with Gasteiger partial charge in [0.05, 0.1) is 5.75 Å². The highest BCUT2D eigenvalue weighted by atomic mass is 32.2. The zero-order valence-electron chi connectivity index (χ0n) is 17.7. The van der Waals surface area contributed by atoms with Crippen LogP contribution < -0.4 is 10.6 Å². The Balaban J connectivity index is 2.07. The molecule has 2 aromatic rings. The molecule has 0 unspecified atom stereocenters. The van der Waals surface area contributed by atoms with Crippen LogP contribution in [0.1, 0.15) is 36.1 Å². The molecule has 7 heteroatoms. The van der Waals surface area contributed by atoms with Crippen molar-refractivity contribution in [1.29, 1.82) is 0 Å². The number of halogens is 1. The average Bonchev–Trinajstić information content (AvgIpc) is 2.63. The number of sulfone groups is 1. The Kier molecular flexibility index (Phi) is 7.41. The molecule has 29 heavy (non-hydrogen) atoms. The molecule has 2 rings (SSSR count). The topological polar surface area (TPSA) is 70.6 Å². The van der Waals surface area contributed by atoms with Crippen LogP contribution >= 0.6 is 0 Å². The van der Waals surface area contributed by atoms with E-state index in [9.17, 15) is 12.8 Å². The highest BCUT2D eigenvalue weighted by Crippen LogP contribution is 2.25. The van der Waals surface area contributed by atoms with Crippen molar-refractivity contribution in [2.24, 2.45) is 4.99 Å². The van der Waals surface area contributed by atoms with E-state index in [-0.39, 0.29) is 17.7 Å². The molecule has 0 fully saturated rings. The summed E-state index contributed by atoms with van der Waals surface area (Å²) in [6.45, 7) is 7.33. The van der Waals surface area contributed by atoms with Gasteiger partial charge in [0, 0.05) is 31.8 Å². The third kappa shape index (κ3) is 6.85. The van der Waals surface area contributed by atoms with Gasteiger partial charge in [0.2, 0.25) is 0 Å². The van der Waals surface area contributed by atoms with Crippen molar-refractivity contribution in [3.63, 3.8) is 0 Å². The third-order valence-corrected chi connectivity index (χ3v) is 5.66. The van der Waals surface area contributed by atoms with Crippen molar-refractivity contribution >= 4 is 15.8 Å². The fourth-order valence-corrected chi connectivity index (χ4v) is 4.16. The molecule has 0 atom stereocenters. The first-order valence-electron chi connectivity index (χ1n) is 9.47. The Morgan fingerprint density at radius 3 is 2.41 bits per heavy atom. The second kappa shape index (κ2) is 9.39. The molecule has 0 aliphatic rings. The van der Waals surface area contributed by atoms with Crippen molar-refractivity contribution in [1.82, 2.24) is 10.6 Å². The van der Waals surface area contributed by atoms with E-state index in [1.165, 1.54) is 35.6 Å². The Bertz CT molecular complexity index is 985. The van der Waals surface area contributed by atoms with Crippen molar-refractivity contribution in [3.05, 3.63) is 70.5 Å². The molecule has 0 radical (unpaired) electrons. The Morgan fingerprint density at radius 2 is 1.79 bits per heavy atom. The molecule has 0 aromatic heterocycles. The van der Waals surface area contributed by atoms with Gasteiger partial charge in [-0.2, -0.15) is 0 Å². The van der Waals surface area contributed by atoms with Gasteiger partial charge in [0.15, 0.2) is 15.8 Å². The number of hydrogen-bond acceptors (Lipinski definition) is 3. The van der Waals surface area contributed by atoms with Crippen molar-refractivity contribution in [2.75, 3.05) is 19.8 Å². The van der Waals surface area contributed by atoms with Crippen LogP contribution in [0, 0.1) is 12.7 Å². The summed E-state index contributed by atoms with van der Waals surface area (Å²) >= 11 is 0. The molecule has 0 aliphatic carbocycles. The van der Waals surface area contributed by atoms with Crippen LogP contribution in [-0.4, -0.2) is 34.2 Å². The number of nitrogens with zero attached hydrogens (tertiary/aromatic N) is 1. The van der Waals surface area contributed by atoms with E-state index in [2.05, 4.69) is 48.5 Å². The fraction of sp³-hybridized carbons (Fsp3) is 0.409. The number of aryl methyl sites for hydroxylation is 1. The molecule has 0 aliphatic heterocycles. The summed E-state index contributed by atoms with van der Waals surface area (Å²) in [6.07, 6.45) is 1.17. The van der Waals surface area contributed by atoms with Gasteiger partial charge >= 0.3 is 0 Å². The second-order valence-electron chi connectivity index (χ2n) is 7.96. The minimum Gasteiger partial charge on any atom is -0.356 e. The summed E-state index contributed by atoms with van der Waals surface area (Å²) in [7, 11) is -1.55. The van der Waals surface area contributed by atoms with Gasteiger partial charge in [-0.15, -0.1) is 0 Å². The minimum absolute atomic E-state index is 0.122. The molecule has 158 valence electrons. The lowest BCUT2D eigenvalue weighted by molar-refractivity contribution is 0.506. The maximum absolute atomic E-state index is 13.7. The first kappa shape index (κ1) is 22.9. The molecular weight excluding hydrogens is 389 g/mol. The molecule has 0 bridgehead atoms. The Hall–Kier alpha value is -2.41. The van der Waals surface area contributed by atoms with E-state index in [4.69, 9.17) is 0 Å². The van der Waals surface area contributed by atoms with E-state index in [0.29, 0.717) is 23.6 Å². The Morgan fingerprint density at radius 1 is 1.10 bits per heavy atom. The van der Waals surface area contributed by atoms with Crippen LogP contribution in [0.5, 0.6) is 0 Å². The van der Waals surface area contributed by atoms with E-state index in [1.807, 2.05) is 12.1 Å². The summed E-state index contributed by atoms with van der Waals surface area (Å²) < 4.78 is 37.0. The normalized spacial score (nSPS) is 12.7. The molecule has 0 heterocycles. The average molecular weight is 420 g/mol. The lowest BCUT2D eigenvalue weighted by atomic mass is 9.82. The van der Waals surface area contributed by atoms with E-state index in [0.717, 1.165) is 0 Å². The summed E-state index contributed by atoms with van der Waals surface area (Å²) in [5.41, 5.74) is 3.54. The quantitative estimate of drug-likeness (QED) is 0.534. The molecule has 5 nitrogen and oxygen atoms in total. The first-order chi connectivity index (χ1) is 13.5. The molecule has 0 saturated carbocycles. The van der Waals surface area contributed by atoms with Gasteiger partial charge in [0.1, 0.15) is 5.82 Å². The summed E-state index contributed by atoms with van der Waals surface area (Å²) in [6, 6.07) is 12.4. The third-order valence-electron chi connectivity index (χ3n) is 4.83. The maximum atomic E-state index is 13.7. The smallest absolute Gasteiger partial charge is 0.191 e. The second-order valence-corrected chi connectivity index (χ2v) is 10.1. The largest absolute Gasteiger partial charge is 0.356 e. The number of nitrogens with one attached hydrogen (secondary N) is 2. The van der Waals surface area contributed by atoms with Gasteiger partial charge in [-0.1, -0.05) is 44.2 Å². The van der Waals surface area contributed by atoms with Gasteiger partial charge in [-0.3, -0.25) is 4.99 Å². The fourth-order valence-electron chi connectivity index (χ4n) is 3.31.